The summed E-state index contributed by atoms with van der Waals surface area (Å²) in [7, 11) is 3.61. The lowest BCUT2D eigenvalue weighted by Crippen LogP contribution is -2.48. The van der Waals surface area contributed by atoms with Crippen molar-refractivity contribution in [3.8, 4) is 0 Å². The topological polar surface area (TPSA) is 48.5 Å². The number of carbonyl (C=O) groups excluding carboxylic acids is 1. The Morgan fingerprint density at radius 2 is 2.20 bits per heavy atom. The summed E-state index contributed by atoms with van der Waals surface area (Å²) in [4.78, 5) is 19.5. The van der Waals surface area contributed by atoms with Gasteiger partial charge in [0.1, 0.15) is 0 Å². The van der Waals surface area contributed by atoms with Crippen molar-refractivity contribution in [2.24, 2.45) is 0 Å². The number of hydrogen-bond acceptors (Lipinski definition) is 3. The van der Waals surface area contributed by atoms with E-state index >= 15 is 0 Å². The molecule has 1 aromatic rings. The smallest absolute Gasteiger partial charge is 0.319 e. The molecule has 20 heavy (non-hydrogen) atoms. The molecule has 2 rings (SSSR count). The van der Waals surface area contributed by atoms with Crippen LogP contribution in [0.5, 0.6) is 0 Å². The van der Waals surface area contributed by atoms with Crippen LogP contribution in [0.15, 0.2) is 24.5 Å². The van der Waals surface area contributed by atoms with Crippen LogP contribution in [0.1, 0.15) is 18.4 Å². The Morgan fingerprint density at radius 1 is 1.45 bits per heavy atom. The molecule has 0 unspecified atom stereocenters. The summed E-state index contributed by atoms with van der Waals surface area (Å²) in [5.41, 5.74) is 1.26. The number of likely N-dealkylation sites (tertiary alicyclic amines) is 1. The first-order valence-electron chi connectivity index (χ1n) is 7.25. The summed E-state index contributed by atoms with van der Waals surface area (Å²) in [6.45, 7) is 2.67. The number of carbonyl (C=O) groups is 1. The van der Waals surface area contributed by atoms with Crippen LogP contribution in [0.4, 0.5) is 4.79 Å². The minimum Gasteiger partial charge on any atom is -0.331 e. The van der Waals surface area contributed by atoms with Crippen LogP contribution in [0.25, 0.3) is 0 Å². The van der Waals surface area contributed by atoms with Crippen LogP contribution in [0, 0.1) is 0 Å². The molecule has 1 aromatic heterocycles. The lowest BCUT2D eigenvalue weighted by Gasteiger charge is -2.34. The van der Waals surface area contributed by atoms with Gasteiger partial charge in [0.05, 0.1) is 0 Å². The number of urea groups is 1. The van der Waals surface area contributed by atoms with Gasteiger partial charge in [-0.3, -0.25) is 4.98 Å². The molecule has 5 heteroatoms. The first kappa shape index (κ1) is 14.8. The molecule has 0 aromatic carbocycles. The number of nitrogens with one attached hydrogen (secondary N) is 1. The fourth-order valence-electron chi connectivity index (χ4n) is 2.52. The van der Waals surface area contributed by atoms with Gasteiger partial charge in [0.25, 0.3) is 0 Å². The van der Waals surface area contributed by atoms with Crippen molar-refractivity contribution in [3.05, 3.63) is 30.1 Å². The molecule has 5 nitrogen and oxygen atoms in total. The van der Waals surface area contributed by atoms with Gasteiger partial charge in [0, 0.05) is 45.6 Å². The van der Waals surface area contributed by atoms with E-state index in [1.165, 1.54) is 5.56 Å². The summed E-state index contributed by atoms with van der Waals surface area (Å²) in [5.74, 6) is 0. The van der Waals surface area contributed by atoms with Crippen molar-refractivity contribution in [2.45, 2.75) is 25.3 Å². The molecule has 1 saturated heterocycles. The molecule has 0 spiro atoms. The Labute approximate surface area is 121 Å². The molecule has 0 radical (unpaired) electrons. The van der Waals surface area contributed by atoms with E-state index in [2.05, 4.69) is 16.4 Å². The maximum Gasteiger partial charge on any atom is 0.319 e. The maximum atomic E-state index is 11.8. The van der Waals surface area contributed by atoms with Crippen molar-refractivity contribution in [1.29, 1.82) is 0 Å². The van der Waals surface area contributed by atoms with Crippen molar-refractivity contribution in [3.63, 3.8) is 0 Å². The van der Waals surface area contributed by atoms with Crippen LogP contribution < -0.4 is 5.32 Å². The Bertz CT molecular complexity index is 413. The van der Waals surface area contributed by atoms with E-state index in [0.717, 1.165) is 38.9 Å². The number of amides is 2. The third kappa shape index (κ3) is 4.20. The van der Waals surface area contributed by atoms with Gasteiger partial charge in [-0.15, -0.1) is 0 Å². The van der Waals surface area contributed by atoms with Crippen molar-refractivity contribution >= 4 is 6.03 Å². The predicted molar refractivity (Wildman–Crippen MR) is 79.6 cm³/mol. The van der Waals surface area contributed by atoms with Gasteiger partial charge in [0.2, 0.25) is 0 Å². The zero-order valence-corrected chi connectivity index (χ0v) is 12.4. The molecule has 1 aliphatic heterocycles. The number of nitrogens with zero attached hydrogens (tertiary/aromatic N) is 3. The second kappa shape index (κ2) is 7.24. The van der Waals surface area contributed by atoms with Crippen LogP contribution in [-0.4, -0.2) is 60.6 Å². The Kier molecular flexibility index (Phi) is 5.35. The minimum atomic E-state index is 0.124. The lowest BCUT2D eigenvalue weighted by atomic mass is 10.0. The number of aromatic nitrogens is 1. The zero-order valence-electron chi connectivity index (χ0n) is 12.4. The molecular formula is C15H24N4O. The van der Waals surface area contributed by atoms with Gasteiger partial charge in [-0.05, 0) is 37.4 Å². The van der Waals surface area contributed by atoms with E-state index in [0.29, 0.717) is 6.04 Å². The molecule has 1 aliphatic rings. The summed E-state index contributed by atoms with van der Waals surface area (Å²) in [5, 5.41) is 3.58. The highest BCUT2D eigenvalue weighted by Gasteiger charge is 2.23. The molecule has 0 atom stereocenters. The third-order valence-corrected chi connectivity index (χ3v) is 3.72. The predicted octanol–water partition coefficient (Wildman–Crippen LogP) is 1.36. The number of pyridine rings is 1. The van der Waals surface area contributed by atoms with Crippen LogP contribution >= 0.6 is 0 Å². The normalized spacial score (nSPS) is 16.2. The molecular weight excluding hydrogens is 252 g/mol. The minimum absolute atomic E-state index is 0.124. The van der Waals surface area contributed by atoms with Crippen molar-refractivity contribution in [2.75, 3.05) is 33.7 Å². The lowest BCUT2D eigenvalue weighted by molar-refractivity contribution is 0.152. The van der Waals surface area contributed by atoms with E-state index in [1.54, 1.807) is 25.2 Å². The first-order chi connectivity index (χ1) is 9.66. The van der Waals surface area contributed by atoms with E-state index in [4.69, 9.17) is 0 Å². The molecule has 2 amide bonds. The largest absolute Gasteiger partial charge is 0.331 e. The third-order valence-electron chi connectivity index (χ3n) is 3.72. The fourth-order valence-corrected chi connectivity index (χ4v) is 2.52. The van der Waals surface area contributed by atoms with Crippen molar-refractivity contribution in [1.82, 2.24) is 20.1 Å². The number of hydrogen-bond donors (Lipinski definition) is 1. The Morgan fingerprint density at radius 3 is 2.80 bits per heavy atom. The van der Waals surface area contributed by atoms with E-state index < -0.39 is 0 Å². The van der Waals surface area contributed by atoms with Gasteiger partial charge >= 0.3 is 6.03 Å². The fraction of sp³-hybridized carbons (Fsp3) is 0.600. The summed E-state index contributed by atoms with van der Waals surface area (Å²) in [6, 6.07) is 4.73. The van der Waals surface area contributed by atoms with Crippen LogP contribution in [0.3, 0.4) is 0 Å². The van der Waals surface area contributed by atoms with E-state index in [9.17, 15) is 4.79 Å². The summed E-state index contributed by atoms with van der Waals surface area (Å²) >= 11 is 0. The highest BCUT2D eigenvalue weighted by Crippen LogP contribution is 2.11. The van der Waals surface area contributed by atoms with Gasteiger partial charge in [0.15, 0.2) is 0 Å². The summed E-state index contributed by atoms with van der Waals surface area (Å²) in [6.07, 6.45) is 6.79. The van der Waals surface area contributed by atoms with Crippen LogP contribution in [-0.2, 0) is 6.42 Å². The molecule has 0 saturated carbocycles. The Balaban J connectivity index is 1.66. The Hall–Kier alpha value is -1.62. The molecule has 110 valence electrons. The summed E-state index contributed by atoms with van der Waals surface area (Å²) < 4.78 is 0. The van der Waals surface area contributed by atoms with Crippen LogP contribution in [0.2, 0.25) is 0 Å². The molecule has 0 aliphatic carbocycles. The van der Waals surface area contributed by atoms with Gasteiger partial charge in [-0.1, -0.05) is 6.07 Å². The zero-order chi connectivity index (χ0) is 14.4. The molecule has 1 N–H and O–H groups in total. The second-order valence-electron chi connectivity index (χ2n) is 5.50. The molecule has 2 heterocycles. The number of piperidine rings is 1. The highest BCUT2D eigenvalue weighted by molar-refractivity contribution is 5.73. The number of rotatable bonds is 4. The average molecular weight is 276 g/mol. The van der Waals surface area contributed by atoms with Gasteiger partial charge in [-0.25, -0.2) is 4.79 Å². The standard InChI is InChI=1S/C15H24N4O/c1-18(2)15(20)19-10-6-14(7-11-19)17-9-5-13-4-3-8-16-12-13/h3-4,8,12,14,17H,5-7,9-11H2,1-2H3. The second-order valence-corrected chi connectivity index (χ2v) is 5.50. The molecule has 0 bridgehead atoms. The quantitative estimate of drug-likeness (QED) is 0.903. The van der Waals surface area contributed by atoms with E-state index in [-0.39, 0.29) is 6.03 Å². The highest BCUT2D eigenvalue weighted by atomic mass is 16.2. The average Bonchev–Trinajstić information content (AvgIpc) is 2.48. The first-order valence-corrected chi connectivity index (χ1v) is 7.25. The van der Waals surface area contributed by atoms with E-state index in [1.807, 2.05) is 17.2 Å². The van der Waals surface area contributed by atoms with Gasteiger partial charge < -0.3 is 15.1 Å². The van der Waals surface area contributed by atoms with Crippen molar-refractivity contribution < 1.29 is 4.79 Å². The monoisotopic (exact) mass is 276 g/mol. The SMILES string of the molecule is CN(C)C(=O)N1CCC(NCCc2cccnc2)CC1. The molecule has 1 fully saturated rings. The van der Waals surface area contributed by atoms with Gasteiger partial charge in [-0.2, -0.15) is 0 Å². The maximum absolute atomic E-state index is 11.8.